The molecule has 3 nitrogen and oxygen atoms in total. The second-order valence-electron chi connectivity index (χ2n) is 6.35. The third-order valence-corrected chi connectivity index (χ3v) is 5.61. The first-order valence-corrected chi connectivity index (χ1v) is 8.74. The molecule has 1 aromatic rings. The number of halogens is 2. The van der Waals surface area contributed by atoms with E-state index in [1.54, 1.807) is 0 Å². The molecular weight excluding hydrogens is 305 g/mol. The molecule has 0 atom stereocenters. The number of anilines is 2. The van der Waals surface area contributed by atoms with Gasteiger partial charge in [0.2, 0.25) is 0 Å². The topological polar surface area (TPSA) is 28.2 Å². The average molecular weight is 328 g/mol. The lowest BCUT2D eigenvalue weighted by Gasteiger charge is -2.40. The van der Waals surface area contributed by atoms with Crippen LogP contribution in [0, 0.1) is 5.41 Å². The highest BCUT2D eigenvalue weighted by atomic mass is 35.5. The lowest BCUT2D eigenvalue weighted by atomic mass is 9.77. The minimum Gasteiger partial charge on any atom is -0.369 e. The molecule has 0 amide bonds. The van der Waals surface area contributed by atoms with Crippen molar-refractivity contribution in [3.63, 3.8) is 0 Å². The summed E-state index contributed by atoms with van der Waals surface area (Å²) >= 11 is 12.6. The van der Waals surface area contributed by atoms with Crippen LogP contribution in [-0.4, -0.2) is 24.6 Å². The van der Waals surface area contributed by atoms with Crippen LogP contribution >= 0.6 is 23.2 Å². The van der Waals surface area contributed by atoms with E-state index in [4.69, 9.17) is 23.2 Å². The van der Waals surface area contributed by atoms with Gasteiger partial charge in [0, 0.05) is 19.6 Å². The van der Waals surface area contributed by atoms with Crippen LogP contribution in [0.4, 0.5) is 11.6 Å². The Hall–Kier alpha value is -0.670. The van der Waals surface area contributed by atoms with Crippen molar-refractivity contribution in [2.75, 3.05) is 29.9 Å². The monoisotopic (exact) mass is 327 g/mol. The van der Waals surface area contributed by atoms with Crippen LogP contribution < -0.4 is 10.2 Å². The van der Waals surface area contributed by atoms with Gasteiger partial charge in [-0.3, -0.25) is 0 Å². The predicted molar refractivity (Wildman–Crippen MR) is 90.8 cm³/mol. The van der Waals surface area contributed by atoms with E-state index in [0.717, 1.165) is 31.3 Å². The fraction of sp³-hybridized carbons (Fsp3) is 0.688. The molecule has 2 fully saturated rings. The van der Waals surface area contributed by atoms with Gasteiger partial charge in [-0.25, -0.2) is 4.98 Å². The molecule has 0 aromatic carbocycles. The van der Waals surface area contributed by atoms with E-state index in [-0.39, 0.29) is 0 Å². The van der Waals surface area contributed by atoms with Crippen molar-refractivity contribution in [2.24, 2.45) is 5.41 Å². The molecule has 1 aromatic heterocycles. The van der Waals surface area contributed by atoms with E-state index < -0.39 is 0 Å². The predicted octanol–water partition coefficient (Wildman–Crippen LogP) is 4.98. The molecule has 1 N–H and O–H groups in total. The third-order valence-electron chi connectivity index (χ3n) is 5.04. The normalized spacial score (nSPS) is 21.0. The Balaban J connectivity index is 1.76. The molecular formula is C16H23Cl2N3. The van der Waals surface area contributed by atoms with Gasteiger partial charge in [-0.2, -0.15) is 0 Å². The van der Waals surface area contributed by atoms with Crippen molar-refractivity contribution >= 4 is 34.8 Å². The van der Waals surface area contributed by atoms with Crippen LogP contribution in [0.2, 0.25) is 10.0 Å². The second kappa shape index (κ2) is 6.21. The smallest absolute Gasteiger partial charge is 0.149 e. The quantitative estimate of drug-likeness (QED) is 0.848. The van der Waals surface area contributed by atoms with E-state index in [1.807, 2.05) is 13.0 Å². The zero-order valence-corrected chi connectivity index (χ0v) is 14.1. The van der Waals surface area contributed by atoms with Crippen LogP contribution in [0.1, 0.15) is 45.4 Å². The summed E-state index contributed by atoms with van der Waals surface area (Å²) in [6, 6.07) is 1.81. The highest BCUT2D eigenvalue weighted by molar-refractivity contribution is 6.37. The van der Waals surface area contributed by atoms with Gasteiger partial charge in [0.25, 0.3) is 0 Å². The van der Waals surface area contributed by atoms with Crippen molar-refractivity contribution in [2.45, 2.75) is 45.4 Å². The third kappa shape index (κ3) is 3.09. The molecule has 5 heteroatoms. The highest BCUT2D eigenvalue weighted by Crippen LogP contribution is 2.47. The molecule has 2 heterocycles. The first-order chi connectivity index (χ1) is 10.1. The van der Waals surface area contributed by atoms with Crippen LogP contribution in [-0.2, 0) is 0 Å². The molecule has 0 bridgehead atoms. The Labute approximate surface area is 137 Å². The number of hydrogen-bond donors (Lipinski definition) is 1. The van der Waals surface area contributed by atoms with E-state index in [0.29, 0.717) is 15.5 Å². The van der Waals surface area contributed by atoms with Crippen molar-refractivity contribution in [3.05, 3.63) is 16.1 Å². The molecule has 21 heavy (non-hydrogen) atoms. The number of pyridine rings is 1. The van der Waals surface area contributed by atoms with E-state index >= 15 is 0 Å². The average Bonchev–Trinajstić information content (AvgIpc) is 2.92. The summed E-state index contributed by atoms with van der Waals surface area (Å²) in [4.78, 5) is 6.97. The summed E-state index contributed by atoms with van der Waals surface area (Å²) < 4.78 is 0. The first-order valence-electron chi connectivity index (χ1n) is 7.98. The van der Waals surface area contributed by atoms with Crippen molar-refractivity contribution in [1.29, 1.82) is 0 Å². The summed E-state index contributed by atoms with van der Waals surface area (Å²) in [5.41, 5.74) is 0.611. The molecule has 1 aliphatic carbocycles. The number of nitrogens with zero attached hydrogens (tertiary/aromatic N) is 2. The van der Waals surface area contributed by atoms with E-state index in [9.17, 15) is 0 Å². The number of aromatic nitrogens is 1. The van der Waals surface area contributed by atoms with Crippen LogP contribution in [0.15, 0.2) is 6.07 Å². The van der Waals surface area contributed by atoms with Crippen LogP contribution in [0.5, 0.6) is 0 Å². The maximum atomic E-state index is 6.37. The maximum Gasteiger partial charge on any atom is 0.149 e. The van der Waals surface area contributed by atoms with Gasteiger partial charge in [0.05, 0.1) is 10.0 Å². The SMILES string of the molecule is CCNc1nc(N2CCC3(CCCC3)CC2)c(Cl)cc1Cl. The second-order valence-corrected chi connectivity index (χ2v) is 7.16. The Kier molecular flexibility index (Phi) is 4.51. The standard InChI is InChI=1S/C16H23Cl2N3/c1-2-19-14-12(17)11-13(18)15(20-14)21-9-7-16(8-10-21)5-3-4-6-16/h11H,2-10H2,1H3,(H,19,20). The molecule has 1 saturated carbocycles. The fourth-order valence-corrected chi connectivity index (χ4v) is 4.33. The summed E-state index contributed by atoms with van der Waals surface area (Å²) in [6.07, 6.45) is 8.17. The van der Waals surface area contributed by atoms with Gasteiger partial charge >= 0.3 is 0 Å². The van der Waals surface area contributed by atoms with Crippen LogP contribution in [0.25, 0.3) is 0 Å². The van der Waals surface area contributed by atoms with Crippen molar-refractivity contribution in [3.8, 4) is 0 Å². The van der Waals surface area contributed by atoms with Gasteiger partial charge in [0.15, 0.2) is 0 Å². The minimum atomic E-state index is 0.592. The van der Waals surface area contributed by atoms with Gasteiger partial charge in [0.1, 0.15) is 11.6 Å². The zero-order valence-electron chi connectivity index (χ0n) is 12.6. The number of hydrogen-bond acceptors (Lipinski definition) is 3. The van der Waals surface area contributed by atoms with E-state index in [1.165, 1.54) is 38.5 Å². The van der Waals surface area contributed by atoms with Gasteiger partial charge in [-0.1, -0.05) is 36.0 Å². The number of piperidine rings is 1. The number of rotatable bonds is 3. The largest absolute Gasteiger partial charge is 0.369 e. The molecule has 0 unspecified atom stereocenters. The molecule has 1 aliphatic heterocycles. The lowest BCUT2D eigenvalue weighted by Crippen LogP contribution is -2.39. The van der Waals surface area contributed by atoms with E-state index in [2.05, 4.69) is 15.2 Å². The van der Waals surface area contributed by atoms with Gasteiger partial charge in [-0.05, 0) is 44.1 Å². The number of nitrogens with one attached hydrogen (secondary N) is 1. The Morgan fingerprint density at radius 3 is 2.43 bits per heavy atom. The summed E-state index contributed by atoms with van der Waals surface area (Å²) in [6.45, 7) is 4.95. The molecule has 0 radical (unpaired) electrons. The first kappa shape index (κ1) is 15.2. The Morgan fingerprint density at radius 2 is 1.81 bits per heavy atom. The minimum absolute atomic E-state index is 0.592. The van der Waals surface area contributed by atoms with Crippen LogP contribution in [0.3, 0.4) is 0 Å². The maximum absolute atomic E-state index is 6.37. The molecule has 3 rings (SSSR count). The fourth-order valence-electron chi connectivity index (χ4n) is 3.79. The lowest BCUT2D eigenvalue weighted by molar-refractivity contribution is 0.226. The van der Waals surface area contributed by atoms with Crippen molar-refractivity contribution in [1.82, 2.24) is 4.98 Å². The van der Waals surface area contributed by atoms with Gasteiger partial charge in [-0.15, -0.1) is 0 Å². The Morgan fingerprint density at radius 1 is 1.14 bits per heavy atom. The summed E-state index contributed by atoms with van der Waals surface area (Å²) in [5.74, 6) is 1.62. The zero-order chi connectivity index (χ0) is 14.9. The molecule has 2 aliphatic rings. The molecule has 1 spiro atoms. The molecule has 116 valence electrons. The van der Waals surface area contributed by atoms with Gasteiger partial charge < -0.3 is 10.2 Å². The summed E-state index contributed by atoms with van der Waals surface area (Å²) in [7, 11) is 0. The Bertz CT molecular complexity index is 502. The summed E-state index contributed by atoms with van der Waals surface area (Å²) in [5, 5.41) is 4.45. The highest BCUT2D eigenvalue weighted by Gasteiger charge is 2.37. The van der Waals surface area contributed by atoms with Crippen molar-refractivity contribution < 1.29 is 0 Å². The molecule has 1 saturated heterocycles.